The number of nitrogens with zero attached hydrogens (tertiary/aromatic N) is 3. The van der Waals surface area contributed by atoms with Crippen LogP contribution in [0.3, 0.4) is 0 Å². The van der Waals surface area contributed by atoms with Crippen molar-refractivity contribution in [3.63, 3.8) is 0 Å². The van der Waals surface area contributed by atoms with Crippen molar-refractivity contribution in [1.29, 1.82) is 0 Å². The zero-order valence-electron chi connectivity index (χ0n) is 47.6. The Kier molecular flexibility index (Phi) is 6.36. The van der Waals surface area contributed by atoms with Gasteiger partial charge >= 0.3 is 6.18 Å². The third-order valence-electron chi connectivity index (χ3n) is 8.19. The number of ether oxygens (including phenoxy) is 1. The summed E-state index contributed by atoms with van der Waals surface area (Å²) < 4.78 is 245. The summed E-state index contributed by atoms with van der Waals surface area (Å²) in [6.45, 7) is -0.769. The Bertz CT molecular complexity index is 3080. The van der Waals surface area contributed by atoms with Gasteiger partial charge in [0.1, 0.15) is 6.54 Å². The highest BCUT2D eigenvalue weighted by Gasteiger charge is 2.31. The number of amides is 1. The number of likely N-dealkylation sites (tertiary alicyclic amines) is 1. The van der Waals surface area contributed by atoms with Gasteiger partial charge in [0.15, 0.2) is 17.1 Å². The lowest BCUT2D eigenvalue weighted by Crippen LogP contribution is -2.48. The summed E-state index contributed by atoms with van der Waals surface area (Å²) in [5.74, 6) is -5.22. The molecule has 4 aromatic carbocycles. The molecule has 5 aromatic rings. The average molecular weight is 770 g/mol. The van der Waals surface area contributed by atoms with Gasteiger partial charge in [0.2, 0.25) is 5.91 Å². The molecule has 1 aliphatic heterocycles. The van der Waals surface area contributed by atoms with Crippen LogP contribution in [0.4, 0.5) is 22.0 Å². The Morgan fingerprint density at radius 3 is 2.38 bits per heavy atom. The first-order valence-electron chi connectivity index (χ1n) is 25.8. The van der Waals surface area contributed by atoms with E-state index < -0.39 is 195 Å². The Hall–Kier alpha value is -4.52. The predicted molar refractivity (Wildman–Crippen MR) is 198 cm³/mol. The number of carbonyl (C=O) groups excluding carboxylic acids is 1. The molecule has 1 fully saturated rings. The fraction of sp³-hybridized carbons (Fsp3) is 0.317. The second kappa shape index (κ2) is 16.7. The van der Waals surface area contributed by atoms with Gasteiger partial charge in [0.05, 0.1) is 47.4 Å². The quantitative estimate of drug-likeness (QED) is 0.0940. The summed E-state index contributed by atoms with van der Waals surface area (Å²) >= 11 is -0.252. The fourth-order valence-electron chi connectivity index (χ4n) is 5.53. The maximum absolute atomic E-state index is 15.5. The molecule has 1 amide bonds. The number of hydrogen-bond donors (Lipinski definition) is 0. The van der Waals surface area contributed by atoms with Crippen LogP contribution in [-0.4, -0.2) is 59.6 Å². The Balaban J connectivity index is 1.56. The Morgan fingerprint density at radius 2 is 1.70 bits per heavy atom. The normalized spacial score (nSPS) is 20.0. The fourth-order valence-corrected chi connectivity index (χ4v) is 6.28. The maximum Gasteiger partial charge on any atom is 0.416 e. The first kappa shape index (κ1) is 20.2. The van der Waals surface area contributed by atoms with Gasteiger partial charge in [0.25, 0.3) is 0 Å². The molecule has 1 saturated heterocycles. The lowest BCUT2D eigenvalue weighted by molar-refractivity contribution is -0.137. The van der Waals surface area contributed by atoms with Crippen molar-refractivity contribution in [2.24, 2.45) is 0 Å². The van der Waals surface area contributed by atoms with E-state index in [0.717, 1.165) is 4.90 Å². The minimum atomic E-state index is -5.37. The average Bonchev–Trinajstić information content (AvgIpc) is 3.30. The SMILES string of the molecule is [2H]c1c([2H])c(F)c(F)c(C([2H])([2H])Sc2c([2H])c(=O)c3c([2H])c(C)c([2H])c([2H])c3n2CC(=O)N(Cc2c([2H])c([2H])c(-c3c([2H])c([2H])c(C(F)(F)F)c([2H])c3[2H])c([2H])c2[2H])C2CCN(CCOC([2H])([2H])[2H])CC2)c1[2H]. The molecule has 2 heterocycles. The molecule has 53 heavy (non-hydrogen) atoms. The zero-order chi connectivity index (χ0) is 55.0. The summed E-state index contributed by atoms with van der Waals surface area (Å²) in [5.41, 5.74) is -11.6. The second-order valence-electron chi connectivity index (χ2n) is 11.7. The van der Waals surface area contributed by atoms with Crippen LogP contribution in [0, 0.1) is 18.6 Å². The summed E-state index contributed by atoms with van der Waals surface area (Å²) in [4.78, 5) is 31.9. The van der Waals surface area contributed by atoms with Gasteiger partial charge in [-0.1, -0.05) is 59.9 Å². The molecule has 1 aliphatic rings. The van der Waals surface area contributed by atoms with Crippen LogP contribution >= 0.6 is 11.8 Å². The van der Waals surface area contributed by atoms with Gasteiger partial charge in [-0.3, -0.25) is 9.59 Å². The molecule has 1 aromatic heterocycles. The van der Waals surface area contributed by atoms with Crippen LogP contribution in [0.2, 0.25) is 0 Å². The molecule has 12 heteroatoms. The summed E-state index contributed by atoms with van der Waals surface area (Å²) in [6, 6.07) is -18.2. The molecular weight excluding hydrogens is 710 g/mol. The molecule has 0 N–H and O–H groups in total. The molecule has 0 atom stereocenters. The van der Waals surface area contributed by atoms with E-state index >= 15 is 9.18 Å². The molecule has 6 rings (SSSR count). The van der Waals surface area contributed by atoms with Gasteiger partial charge in [0, 0.05) is 64.7 Å². The van der Waals surface area contributed by atoms with E-state index in [0.29, 0.717) is 4.57 Å². The summed E-state index contributed by atoms with van der Waals surface area (Å²) in [5, 5.41) is -1.62. The van der Waals surface area contributed by atoms with E-state index in [9.17, 15) is 22.4 Å². The number of methoxy groups -OCH3 is 1. The minimum absolute atomic E-state index is 0.0161. The monoisotopic (exact) mass is 769 g/mol. The molecule has 0 unspecified atom stereocenters. The van der Waals surface area contributed by atoms with Crippen molar-refractivity contribution < 1.29 is 58.9 Å². The Labute approximate surface area is 337 Å². The number of halogens is 5. The van der Waals surface area contributed by atoms with E-state index in [2.05, 4.69) is 0 Å². The molecule has 0 saturated carbocycles. The third kappa shape index (κ3) is 9.17. The van der Waals surface area contributed by atoms with Crippen molar-refractivity contribution in [2.75, 3.05) is 33.3 Å². The molecule has 0 bridgehead atoms. The van der Waals surface area contributed by atoms with Crippen LogP contribution in [-0.2, 0) is 34.5 Å². The molecule has 0 radical (unpaired) electrons. The smallest absolute Gasteiger partial charge is 0.383 e. The standard InChI is InChI=1S/C41H40F5N3O3S/c1-27-6-15-36-34(22-27)37(50)23-39(53-26-31-4-3-5-35(42)40(31)43)49(36)25-38(51)48(33-16-18-47(19-17-33)20-21-52-2)24-28-7-9-29(10-8-28)30-11-13-32(14-12-30)41(44,45)46/h3-15,22-23,33H,16-21,24-26H2,1-2H3/i2D3,3D,4D,5D,6D,7D,8D,9D,10D,11D,12D,13D,14D,15D,22D,23D,26D2. The van der Waals surface area contributed by atoms with Gasteiger partial charge in [-0.25, -0.2) is 8.78 Å². The van der Waals surface area contributed by atoms with Crippen LogP contribution < -0.4 is 5.43 Å². The van der Waals surface area contributed by atoms with E-state index in [1.807, 2.05) is 0 Å². The summed E-state index contributed by atoms with van der Waals surface area (Å²) in [6.07, 6.45) is -5.34. The zero-order valence-corrected chi connectivity index (χ0v) is 28.4. The van der Waals surface area contributed by atoms with Gasteiger partial charge in [-0.2, -0.15) is 13.2 Å². The van der Waals surface area contributed by atoms with E-state index in [-0.39, 0.29) is 56.4 Å². The number of piperidine rings is 1. The van der Waals surface area contributed by atoms with E-state index in [1.165, 1.54) is 6.92 Å². The number of aromatic nitrogens is 1. The van der Waals surface area contributed by atoms with Crippen LogP contribution in [0.5, 0.6) is 0 Å². The van der Waals surface area contributed by atoms with Crippen molar-refractivity contribution in [2.45, 2.75) is 55.8 Å². The maximum atomic E-state index is 15.5. The second-order valence-corrected chi connectivity index (χ2v) is 12.5. The van der Waals surface area contributed by atoms with Crippen molar-refractivity contribution >= 4 is 28.6 Å². The lowest BCUT2D eigenvalue weighted by Gasteiger charge is -2.39. The van der Waals surface area contributed by atoms with Gasteiger partial charge in [-0.05, 0) is 66.7 Å². The summed E-state index contributed by atoms with van der Waals surface area (Å²) in [7, 11) is -2.72. The molecule has 0 spiro atoms. The van der Waals surface area contributed by atoms with Crippen molar-refractivity contribution in [3.05, 3.63) is 135 Å². The number of benzene rings is 4. The Morgan fingerprint density at radius 1 is 1.00 bits per heavy atom. The lowest BCUT2D eigenvalue weighted by atomic mass is 10.00. The molecular formula is C41H40F5N3O3S. The van der Waals surface area contributed by atoms with Crippen molar-refractivity contribution in [3.8, 4) is 11.1 Å². The topological polar surface area (TPSA) is 54.8 Å². The number of alkyl halides is 3. The van der Waals surface area contributed by atoms with Crippen molar-refractivity contribution in [1.82, 2.24) is 14.4 Å². The number of rotatable bonds is 12. The number of thioether (sulfide) groups is 1. The number of carbonyl (C=O) groups is 1. The predicted octanol–water partition coefficient (Wildman–Crippen LogP) is 8.71. The third-order valence-corrected chi connectivity index (χ3v) is 9.01. The first-order chi connectivity index (χ1) is 33.6. The molecule has 0 aliphatic carbocycles. The minimum Gasteiger partial charge on any atom is -0.383 e. The van der Waals surface area contributed by atoms with Crippen LogP contribution in [0.15, 0.2) is 100 Å². The molecule has 6 nitrogen and oxygen atoms in total. The number of hydrogen-bond acceptors (Lipinski definition) is 5. The van der Waals surface area contributed by atoms with Crippen LogP contribution in [0.25, 0.3) is 22.0 Å². The van der Waals surface area contributed by atoms with E-state index in [1.54, 1.807) is 4.90 Å². The number of fused-ring (bicyclic) bond motifs is 1. The molecule has 278 valence electrons. The highest BCUT2D eigenvalue weighted by atomic mass is 32.2. The highest BCUT2D eigenvalue weighted by molar-refractivity contribution is 7.98. The van der Waals surface area contributed by atoms with Crippen LogP contribution in [0.1, 0.15) is 62.5 Å². The first-order valence-corrected chi connectivity index (χ1v) is 16.6. The largest absolute Gasteiger partial charge is 0.416 e. The van der Waals surface area contributed by atoms with E-state index in [4.69, 9.17) is 32.2 Å². The van der Waals surface area contributed by atoms with Gasteiger partial charge < -0.3 is 19.1 Å². The van der Waals surface area contributed by atoms with Gasteiger partial charge in [-0.15, -0.1) is 11.8 Å². The highest BCUT2D eigenvalue weighted by Crippen LogP contribution is 2.32. The number of pyridine rings is 1.